The number of likely N-dealkylation sites (N-methyl/N-ethyl adjacent to an activating group) is 1. The van der Waals surface area contributed by atoms with Gasteiger partial charge in [-0.2, -0.15) is 0 Å². The molecule has 9 nitrogen and oxygen atoms in total. The number of nitrogens with one attached hydrogen (secondary N) is 1. The Labute approximate surface area is 211 Å². The second-order valence-electron chi connectivity index (χ2n) is 8.56. The Kier molecular flexibility index (Phi) is 7.47. The fourth-order valence-corrected chi connectivity index (χ4v) is 3.61. The van der Waals surface area contributed by atoms with E-state index < -0.39 is 22.7 Å². The molecular formula is C27H25FN4O5. The van der Waals surface area contributed by atoms with Crippen molar-refractivity contribution in [2.45, 2.75) is 19.7 Å². The summed E-state index contributed by atoms with van der Waals surface area (Å²) in [5.74, 6) is -1.69. The molecular weight excluding hydrogens is 479 g/mol. The number of halogens is 1. The highest BCUT2D eigenvalue weighted by molar-refractivity contribution is 5.95. The molecule has 0 bridgehead atoms. The van der Waals surface area contributed by atoms with E-state index in [-0.39, 0.29) is 42.4 Å². The quantitative estimate of drug-likeness (QED) is 0.397. The van der Waals surface area contributed by atoms with Gasteiger partial charge in [0.15, 0.2) is 11.3 Å². The van der Waals surface area contributed by atoms with Crippen LogP contribution in [0.2, 0.25) is 0 Å². The SMILES string of the molecule is CN(C)C(=O)Cn1ccn2cc(C(=O)NCc3ccc(F)cc3)c(=O)c(OCc3ccccc3)c2c1=O. The van der Waals surface area contributed by atoms with Gasteiger partial charge in [-0.25, -0.2) is 4.39 Å². The Bertz CT molecular complexity index is 1560. The van der Waals surface area contributed by atoms with E-state index in [2.05, 4.69) is 5.32 Å². The molecule has 2 amide bonds. The van der Waals surface area contributed by atoms with Crippen LogP contribution in [0.25, 0.3) is 5.52 Å². The zero-order valence-corrected chi connectivity index (χ0v) is 20.3. The first-order valence-electron chi connectivity index (χ1n) is 11.4. The van der Waals surface area contributed by atoms with Crippen molar-refractivity contribution in [3.8, 4) is 5.75 Å². The number of rotatable bonds is 8. The minimum absolute atomic E-state index is 0.0165. The van der Waals surface area contributed by atoms with Crippen molar-refractivity contribution >= 4 is 17.3 Å². The minimum atomic E-state index is -0.763. The molecule has 0 unspecified atom stereocenters. The van der Waals surface area contributed by atoms with Gasteiger partial charge < -0.3 is 23.9 Å². The molecule has 190 valence electrons. The molecule has 0 saturated heterocycles. The van der Waals surface area contributed by atoms with Gasteiger partial charge in [0.1, 0.15) is 24.5 Å². The first-order chi connectivity index (χ1) is 17.7. The third kappa shape index (κ3) is 5.75. The molecule has 0 spiro atoms. The molecule has 0 aliphatic heterocycles. The molecule has 0 saturated carbocycles. The normalized spacial score (nSPS) is 10.8. The summed E-state index contributed by atoms with van der Waals surface area (Å²) in [6.07, 6.45) is 4.14. The maximum absolute atomic E-state index is 13.4. The predicted molar refractivity (Wildman–Crippen MR) is 135 cm³/mol. The Hall–Kier alpha value is -4.73. The van der Waals surface area contributed by atoms with Crippen molar-refractivity contribution in [1.82, 2.24) is 19.2 Å². The maximum atomic E-state index is 13.4. The number of carbonyl (C=O) groups excluding carboxylic acids is 2. The van der Waals surface area contributed by atoms with E-state index in [4.69, 9.17) is 4.74 Å². The number of aromatic nitrogens is 2. The third-order valence-corrected chi connectivity index (χ3v) is 5.70. The number of hydrogen-bond acceptors (Lipinski definition) is 5. The smallest absolute Gasteiger partial charge is 0.279 e. The summed E-state index contributed by atoms with van der Waals surface area (Å²) < 4.78 is 21.5. The molecule has 2 aromatic heterocycles. The van der Waals surface area contributed by atoms with Crippen LogP contribution in [0.1, 0.15) is 21.5 Å². The van der Waals surface area contributed by atoms with Crippen molar-refractivity contribution in [3.05, 3.63) is 116 Å². The number of nitrogens with zero attached hydrogens (tertiary/aromatic N) is 3. The van der Waals surface area contributed by atoms with Crippen LogP contribution in [0, 0.1) is 5.82 Å². The van der Waals surface area contributed by atoms with Crippen LogP contribution >= 0.6 is 0 Å². The highest BCUT2D eigenvalue weighted by atomic mass is 19.1. The lowest BCUT2D eigenvalue weighted by atomic mass is 10.2. The topological polar surface area (TPSA) is 102 Å². The fraction of sp³-hybridized carbons (Fsp3) is 0.185. The van der Waals surface area contributed by atoms with E-state index >= 15 is 0 Å². The van der Waals surface area contributed by atoms with Gasteiger partial charge in [0, 0.05) is 39.2 Å². The standard InChI is InChI=1S/C27H25FN4O5/c1-30(2)22(33)16-32-13-12-31-15-21(26(35)29-14-18-8-10-20(28)11-9-18)24(34)25(23(31)27(32)36)37-17-19-6-4-3-5-7-19/h3-13,15H,14,16-17H2,1-2H3,(H,29,35). The van der Waals surface area contributed by atoms with Crippen LogP contribution in [0.3, 0.4) is 0 Å². The van der Waals surface area contributed by atoms with Crippen LogP contribution in [-0.2, 0) is 24.5 Å². The maximum Gasteiger partial charge on any atom is 0.279 e. The van der Waals surface area contributed by atoms with E-state index in [9.17, 15) is 23.6 Å². The molecule has 0 fully saturated rings. The second kappa shape index (κ2) is 10.9. The van der Waals surface area contributed by atoms with Gasteiger partial charge >= 0.3 is 0 Å². The van der Waals surface area contributed by atoms with Gasteiger partial charge in [-0.05, 0) is 23.3 Å². The molecule has 0 atom stereocenters. The molecule has 37 heavy (non-hydrogen) atoms. The Balaban J connectivity index is 1.75. The zero-order chi connectivity index (χ0) is 26.5. The fourth-order valence-electron chi connectivity index (χ4n) is 3.61. The molecule has 0 radical (unpaired) electrons. The first kappa shape index (κ1) is 25.4. The lowest BCUT2D eigenvalue weighted by Gasteiger charge is -2.15. The van der Waals surface area contributed by atoms with Gasteiger partial charge in [-0.3, -0.25) is 19.2 Å². The highest BCUT2D eigenvalue weighted by Crippen LogP contribution is 2.16. The number of benzene rings is 2. The van der Waals surface area contributed by atoms with Crippen molar-refractivity contribution in [3.63, 3.8) is 0 Å². The zero-order valence-electron chi connectivity index (χ0n) is 20.3. The number of hydrogen-bond donors (Lipinski definition) is 1. The van der Waals surface area contributed by atoms with Crippen LogP contribution in [0.15, 0.2) is 82.8 Å². The average molecular weight is 505 g/mol. The molecule has 2 aromatic carbocycles. The van der Waals surface area contributed by atoms with Gasteiger partial charge in [-0.1, -0.05) is 42.5 Å². The minimum Gasteiger partial charge on any atom is -0.483 e. The first-order valence-corrected chi connectivity index (χ1v) is 11.4. The summed E-state index contributed by atoms with van der Waals surface area (Å²) in [6.45, 7) is -0.179. The van der Waals surface area contributed by atoms with Gasteiger partial charge in [0.2, 0.25) is 11.3 Å². The number of fused-ring (bicyclic) bond motifs is 1. The molecule has 4 rings (SSSR count). The van der Waals surface area contributed by atoms with Gasteiger partial charge in [0.25, 0.3) is 11.5 Å². The summed E-state index contributed by atoms with van der Waals surface area (Å²) in [7, 11) is 3.15. The van der Waals surface area contributed by atoms with E-state index in [1.165, 1.54) is 56.7 Å². The summed E-state index contributed by atoms with van der Waals surface area (Å²) in [5.41, 5.74) is -0.304. The highest BCUT2D eigenvalue weighted by Gasteiger charge is 2.21. The van der Waals surface area contributed by atoms with Crippen LogP contribution in [0.5, 0.6) is 5.75 Å². The Morgan fingerprint density at radius 1 is 0.973 bits per heavy atom. The van der Waals surface area contributed by atoms with Crippen LogP contribution in [0.4, 0.5) is 4.39 Å². The summed E-state index contributed by atoms with van der Waals surface area (Å²) in [6, 6.07) is 14.6. The van der Waals surface area contributed by atoms with Crippen molar-refractivity contribution in [2.24, 2.45) is 0 Å². The summed E-state index contributed by atoms with van der Waals surface area (Å²) in [5, 5.41) is 2.64. The number of ether oxygens (including phenoxy) is 1. The monoisotopic (exact) mass is 504 g/mol. The number of pyridine rings is 1. The molecule has 0 aliphatic carbocycles. The number of amides is 2. The summed E-state index contributed by atoms with van der Waals surface area (Å²) in [4.78, 5) is 53.3. The van der Waals surface area contributed by atoms with E-state index in [0.717, 1.165) is 5.56 Å². The summed E-state index contributed by atoms with van der Waals surface area (Å²) >= 11 is 0. The predicted octanol–water partition coefficient (Wildman–Crippen LogP) is 2.20. The lowest BCUT2D eigenvalue weighted by Crippen LogP contribution is -2.34. The van der Waals surface area contributed by atoms with Crippen molar-refractivity contribution in [2.75, 3.05) is 14.1 Å². The molecule has 4 aromatic rings. The lowest BCUT2D eigenvalue weighted by molar-refractivity contribution is -0.129. The second-order valence-corrected chi connectivity index (χ2v) is 8.56. The molecule has 10 heteroatoms. The van der Waals surface area contributed by atoms with Gasteiger partial charge in [0.05, 0.1) is 0 Å². The largest absolute Gasteiger partial charge is 0.483 e. The van der Waals surface area contributed by atoms with Crippen LogP contribution < -0.4 is 21.0 Å². The third-order valence-electron chi connectivity index (χ3n) is 5.70. The molecule has 2 heterocycles. The van der Waals surface area contributed by atoms with E-state index in [0.29, 0.717) is 5.56 Å². The van der Waals surface area contributed by atoms with Crippen molar-refractivity contribution < 1.29 is 18.7 Å². The molecule has 0 aliphatic rings. The molecule has 1 N–H and O–H groups in total. The Morgan fingerprint density at radius 3 is 2.35 bits per heavy atom. The van der Waals surface area contributed by atoms with Gasteiger partial charge in [-0.15, -0.1) is 0 Å². The van der Waals surface area contributed by atoms with Crippen molar-refractivity contribution in [1.29, 1.82) is 0 Å². The Morgan fingerprint density at radius 2 is 1.68 bits per heavy atom. The van der Waals surface area contributed by atoms with E-state index in [1.807, 2.05) is 18.2 Å². The van der Waals surface area contributed by atoms with Crippen LogP contribution in [-0.4, -0.2) is 39.8 Å². The average Bonchev–Trinajstić information content (AvgIpc) is 2.89. The van der Waals surface area contributed by atoms with E-state index in [1.54, 1.807) is 26.2 Å². The number of carbonyl (C=O) groups is 2.